The SMILES string of the molecule is COc1ccc(C2CN(C)Cc3cc(OC[C@@H]4CNCCO4)ccc32)cc1. The lowest BCUT2D eigenvalue weighted by atomic mass is 9.84. The summed E-state index contributed by atoms with van der Waals surface area (Å²) in [6.45, 7) is 5.08. The topological polar surface area (TPSA) is 43.0 Å². The van der Waals surface area contributed by atoms with Gasteiger partial charge < -0.3 is 24.4 Å². The first-order chi connectivity index (χ1) is 13.2. The van der Waals surface area contributed by atoms with Gasteiger partial charge in [0.2, 0.25) is 0 Å². The molecule has 2 aromatic carbocycles. The summed E-state index contributed by atoms with van der Waals surface area (Å²) in [4.78, 5) is 2.37. The molecule has 0 bridgehead atoms. The van der Waals surface area contributed by atoms with E-state index in [0.29, 0.717) is 12.5 Å². The van der Waals surface area contributed by atoms with Crippen molar-refractivity contribution in [2.45, 2.75) is 18.6 Å². The van der Waals surface area contributed by atoms with Gasteiger partial charge in [-0.05, 0) is 48.0 Å². The second kappa shape index (κ2) is 8.30. The molecule has 27 heavy (non-hydrogen) atoms. The summed E-state index contributed by atoms with van der Waals surface area (Å²) in [5.41, 5.74) is 4.05. The van der Waals surface area contributed by atoms with E-state index >= 15 is 0 Å². The van der Waals surface area contributed by atoms with Crippen LogP contribution in [0, 0.1) is 0 Å². The fourth-order valence-corrected chi connectivity index (χ4v) is 3.95. The van der Waals surface area contributed by atoms with Crippen LogP contribution in [-0.2, 0) is 11.3 Å². The van der Waals surface area contributed by atoms with Gasteiger partial charge in [-0.25, -0.2) is 0 Å². The van der Waals surface area contributed by atoms with Gasteiger partial charge in [0.15, 0.2) is 0 Å². The van der Waals surface area contributed by atoms with Crippen LogP contribution >= 0.6 is 0 Å². The van der Waals surface area contributed by atoms with Crippen molar-refractivity contribution in [3.8, 4) is 11.5 Å². The number of nitrogens with zero attached hydrogens (tertiary/aromatic N) is 1. The van der Waals surface area contributed by atoms with E-state index in [-0.39, 0.29) is 6.10 Å². The van der Waals surface area contributed by atoms with E-state index in [4.69, 9.17) is 14.2 Å². The van der Waals surface area contributed by atoms with Crippen molar-refractivity contribution >= 4 is 0 Å². The zero-order valence-electron chi connectivity index (χ0n) is 16.1. The van der Waals surface area contributed by atoms with Crippen LogP contribution in [0.1, 0.15) is 22.6 Å². The van der Waals surface area contributed by atoms with Crippen molar-refractivity contribution < 1.29 is 14.2 Å². The average molecular weight is 368 g/mol. The summed E-state index contributed by atoms with van der Waals surface area (Å²) in [6.07, 6.45) is 0.129. The van der Waals surface area contributed by atoms with Gasteiger partial charge in [-0.15, -0.1) is 0 Å². The van der Waals surface area contributed by atoms with Gasteiger partial charge in [-0.2, -0.15) is 0 Å². The number of morpholine rings is 1. The van der Waals surface area contributed by atoms with Crippen LogP contribution in [0.3, 0.4) is 0 Å². The number of nitrogens with one attached hydrogen (secondary N) is 1. The smallest absolute Gasteiger partial charge is 0.119 e. The Morgan fingerprint density at radius 3 is 2.70 bits per heavy atom. The second-order valence-corrected chi connectivity index (χ2v) is 7.39. The van der Waals surface area contributed by atoms with E-state index < -0.39 is 0 Å². The van der Waals surface area contributed by atoms with Crippen molar-refractivity contribution in [1.29, 1.82) is 0 Å². The Labute approximate surface area is 161 Å². The Morgan fingerprint density at radius 1 is 1.15 bits per heavy atom. The summed E-state index contributed by atoms with van der Waals surface area (Å²) in [7, 11) is 3.88. The Balaban J connectivity index is 1.51. The van der Waals surface area contributed by atoms with Crippen molar-refractivity contribution in [2.24, 2.45) is 0 Å². The summed E-state index contributed by atoms with van der Waals surface area (Å²) in [5.74, 6) is 2.18. The lowest BCUT2D eigenvalue weighted by Gasteiger charge is -2.33. The maximum Gasteiger partial charge on any atom is 0.119 e. The molecule has 1 N–H and O–H groups in total. The molecule has 2 aliphatic heterocycles. The first-order valence-corrected chi connectivity index (χ1v) is 9.63. The molecule has 1 saturated heterocycles. The van der Waals surface area contributed by atoms with E-state index in [1.54, 1.807) is 7.11 Å². The Hall–Kier alpha value is -2.08. The first-order valence-electron chi connectivity index (χ1n) is 9.63. The van der Waals surface area contributed by atoms with Crippen LogP contribution in [0.2, 0.25) is 0 Å². The van der Waals surface area contributed by atoms with E-state index in [2.05, 4.69) is 47.6 Å². The van der Waals surface area contributed by atoms with Crippen molar-refractivity contribution in [3.63, 3.8) is 0 Å². The third-order valence-corrected chi connectivity index (χ3v) is 5.38. The van der Waals surface area contributed by atoms with E-state index in [1.807, 2.05) is 12.1 Å². The first kappa shape index (κ1) is 18.3. The second-order valence-electron chi connectivity index (χ2n) is 7.39. The molecule has 0 spiro atoms. The number of likely N-dealkylation sites (N-methyl/N-ethyl adjacent to an activating group) is 1. The van der Waals surface area contributed by atoms with E-state index in [9.17, 15) is 0 Å². The molecule has 5 heteroatoms. The number of ether oxygens (including phenoxy) is 3. The summed E-state index contributed by atoms with van der Waals surface area (Å²) < 4.78 is 17.0. The summed E-state index contributed by atoms with van der Waals surface area (Å²) in [5, 5.41) is 3.34. The standard InChI is InChI=1S/C22H28N2O3/c1-24-13-17-11-19(27-15-20-12-23-9-10-26-20)7-8-21(17)22(14-24)16-3-5-18(25-2)6-4-16/h3-8,11,20,22-23H,9-10,12-15H2,1-2H3/t20-,22?/m0/s1. The van der Waals surface area contributed by atoms with Gasteiger partial charge in [0.05, 0.1) is 13.7 Å². The highest BCUT2D eigenvalue weighted by molar-refractivity contribution is 5.45. The van der Waals surface area contributed by atoms with E-state index in [0.717, 1.165) is 44.3 Å². The Bertz CT molecular complexity index is 757. The molecular formula is C22H28N2O3. The molecule has 1 fully saturated rings. The third kappa shape index (κ3) is 4.26. The number of hydrogen-bond donors (Lipinski definition) is 1. The number of methoxy groups -OCH3 is 1. The maximum absolute atomic E-state index is 6.02. The lowest BCUT2D eigenvalue weighted by molar-refractivity contribution is 0.000160. The molecule has 2 aliphatic rings. The molecule has 2 heterocycles. The molecular weight excluding hydrogens is 340 g/mol. The minimum atomic E-state index is 0.129. The quantitative estimate of drug-likeness (QED) is 0.879. The lowest BCUT2D eigenvalue weighted by Crippen LogP contribution is -2.41. The van der Waals surface area contributed by atoms with E-state index in [1.165, 1.54) is 16.7 Å². The number of fused-ring (bicyclic) bond motifs is 1. The van der Waals surface area contributed by atoms with Gasteiger partial charge in [0, 0.05) is 32.1 Å². The molecule has 1 unspecified atom stereocenters. The number of rotatable bonds is 5. The van der Waals surface area contributed by atoms with Crippen molar-refractivity contribution in [1.82, 2.24) is 10.2 Å². The van der Waals surface area contributed by atoms with Gasteiger partial charge >= 0.3 is 0 Å². The average Bonchev–Trinajstić information content (AvgIpc) is 2.72. The van der Waals surface area contributed by atoms with Crippen LogP contribution < -0.4 is 14.8 Å². The molecule has 0 saturated carbocycles. The van der Waals surface area contributed by atoms with Crippen molar-refractivity contribution in [3.05, 3.63) is 59.2 Å². The van der Waals surface area contributed by atoms with Gasteiger partial charge in [0.1, 0.15) is 24.2 Å². The highest BCUT2D eigenvalue weighted by atomic mass is 16.5. The highest BCUT2D eigenvalue weighted by Gasteiger charge is 2.25. The molecule has 2 aromatic rings. The van der Waals surface area contributed by atoms with Gasteiger partial charge in [-0.3, -0.25) is 0 Å². The molecule has 0 aromatic heterocycles. The maximum atomic E-state index is 6.02. The number of benzene rings is 2. The monoisotopic (exact) mass is 368 g/mol. The van der Waals surface area contributed by atoms with Crippen LogP contribution in [-0.4, -0.2) is 58.0 Å². The Morgan fingerprint density at radius 2 is 1.96 bits per heavy atom. The third-order valence-electron chi connectivity index (χ3n) is 5.38. The predicted molar refractivity (Wildman–Crippen MR) is 106 cm³/mol. The minimum Gasteiger partial charge on any atom is -0.497 e. The van der Waals surface area contributed by atoms with Crippen LogP contribution in [0.5, 0.6) is 11.5 Å². The largest absolute Gasteiger partial charge is 0.497 e. The predicted octanol–water partition coefficient (Wildman–Crippen LogP) is 2.64. The Kier molecular flexibility index (Phi) is 5.62. The van der Waals surface area contributed by atoms with Crippen LogP contribution in [0.25, 0.3) is 0 Å². The zero-order chi connectivity index (χ0) is 18.6. The molecule has 4 rings (SSSR count). The van der Waals surface area contributed by atoms with Crippen LogP contribution in [0.4, 0.5) is 0 Å². The molecule has 5 nitrogen and oxygen atoms in total. The molecule has 0 radical (unpaired) electrons. The summed E-state index contributed by atoms with van der Waals surface area (Å²) in [6, 6.07) is 14.9. The highest BCUT2D eigenvalue weighted by Crippen LogP contribution is 2.35. The van der Waals surface area contributed by atoms with Gasteiger partial charge in [-0.1, -0.05) is 18.2 Å². The normalized spacial score (nSPS) is 22.9. The van der Waals surface area contributed by atoms with Crippen LogP contribution in [0.15, 0.2) is 42.5 Å². The minimum absolute atomic E-state index is 0.129. The molecule has 0 amide bonds. The van der Waals surface area contributed by atoms with Crippen molar-refractivity contribution in [2.75, 3.05) is 47.0 Å². The van der Waals surface area contributed by atoms with Gasteiger partial charge in [0.25, 0.3) is 0 Å². The summed E-state index contributed by atoms with van der Waals surface area (Å²) >= 11 is 0. The zero-order valence-corrected chi connectivity index (χ0v) is 16.1. The molecule has 144 valence electrons. The fourth-order valence-electron chi connectivity index (χ4n) is 3.95. The molecule has 0 aliphatic carbocycles. The molecule has 2 atom stereocenters. The number of hydrogen-bond acceptors (Lipinski definition) is 5. The fraction of sp³-hybridized carbons (Fsp3) is 0.455.